The Labute approximate surface area is 170 Å². The number of aromatic nitrogens is 2. The van der Waals surface area contributed by atoms with Gasteiger partial charge in [-0.2, -0.15) is 5.10 Å². The molecule has 154 valence electrons. The van der Waals surface area contributed by atoms with Crippen LogP contribution in [0.25, 0.3) is 11.3 Å². The van der Waals surface area contributed by atoms with Crippen LogP contribution in [0.4, 0.5) is 4.39 Å². The topological polar surface area (TPSA) is 111 Å². The molecule has 9 heteroatoms. The number of nitrogens with zero attached hydrogens (tertiary/aromatic N) is 2. The summed E-state index contributed by atoms with van der Waals surface area (Å²) in [5.74, 6) is -1.70. The van der Waals surface area contributed by atoms with Crippen molar-refractivity contribution in [1.82, 2.24) is 15.1 Å². The van der Waals surface area contributed by atoms with Gasteiger partial charge >= 0.3 is 5.97 Å². The average Bonchev–Trinajstić information content (AvgIpc) is 2.74. The number of carboxylic acids is 1. The Morgan fingerprint density at radius 1 is 1.13 bits per heavy atom. The maximum atomic E-state index is 13.4. The van der Waals surface area contributed by atoms with Crippen LogP contribution in [-0.4, -0.2) is 33.9 Å². The Kier molecular flexibility index (Phi) is 6.21. The molecular weight excluding hydrogens is 393 g/mol. The SMILES string of the molecule is COc1cc(F)ccc1-c1ccc(=O)n(CC(=O)NCc2ccc(C(=O)O)cc2)n1. The van der Waals surface area contributed by atoms with Gasteiger partial charge in [0.25, 0.3) is 5.56 Å². The summed E-state index contributed by atoms with van der Waals surface area (Å²) in [6.45, 7) is -0.150. The van der Waals surface area contributed by atoms with E-state index in [1.54, 1.807) is 12.1 Å². The van der Waals surface area contributed by atoms with Gasteiger partial charge in [0.15, 0.2) is 0 Å². The summed E-state index contributed by atoms with van der Waals surface area (Å²) in [6.07, 6.45) is 0. The van der Waals surface area contributed by atoms with Crippen LogP contribution in [-0.2, 0) is 17.9 Å². The Morgan fingerprint density at radius 3 is 2.53 bits per heavy atom. The molecule has 1 aromatic heterocycles. The fourth-order valence-corrected chi connectivity index (χ4v) is 2.74. The Morgan fingerprint density at radius 2 is 1.87 bits per heavy atom. The lowest BCUT2D eigenvalue weighted by Gasteiger charge is -2.11. The first-order valence-electron chi connectivity index (χ1n) is 8.88. The van der Waals surface area contributed by atoms with Gasteiger partial charge in [0, 0.05) is 24.2 Å². The summed E-state index contributed by atoms with van der Waals surface area (Å²) in [7, 11) is 1.39. The number of carbonyl (C=O) groups is 2. The normalized spacial score (nSPS) is 10.5. The molecule has 0 aliphatic rings. The Balaban J connectivity index is 1.72. The second-order valence-electron chi connectivity index (χ2n) is 6.34. The van der Waals surface area contributed by atoms with Crippen molar-refractivity contribution in [2.24, 2.45) is 0 Å². The molecule has 8 nitrogen and oxygen atoms in total. The lowest BCUT2D eigenvalue weighted by molar-refractivity contribution is -0.122. The highest BCUT2D eigenvalue weighted by Gasteiger charge is 2.12. The number of hydrogen-bond donors (Lipinski definition) is 2. The average molecular weight is 411 g/mol. The number of rotatable bonds is 7. The van der Waals surface area contributed by atoms with Crippen molar-refractivity contribution in [2.45, 2.75) is 13.1 Å². The van der Waals surface area contributed by atoms with Gasteiger partial charge < -0.3 is 15.2 Å². The van der Waals surface area contributed by atoms with Gasteiger partial charge in [0.1, 0.15) is 18.1 Å². The van der Waals surface area contributed by atoms with Crippen molar-refractivity contribution in [1.29, 1.82) is 0 Å². The third-order valence-corrected chi connectivity index (χ3v) is 4.29. The molecule has 0 fully saturated rings. The van der Waals surface area contributed by atoms with Crippen molar-refractivity contribution in [3.8, 4) is 17.0 Å². The van der Waals surface area contributed by atoms with Gasteiger partial charge in [0.2, 0.25) is 5.91 Å². The Hall–Kier alpha value is -4.01. The van der Waals surface area contributed by atoms with Crippen molar-refractivity contribution in [3.05, 3.63) is 81.9 Å². The monoisotopic (exact) mass is 411 g/mol. The van der Waals surface area contributed by atoms with E-state index in [-0.39, 0.29) is 24.4 Å². The highest BCUT2D eigenvalue weighted by Crippen LogP contribution is 2.28. The number of benzene rings is 2. The van der Waals surface area contributed by atoms with Gasteiger partial charge in [-0.05, 0) is 35.9 Å². The largest absolute Gasteiger partial charge is 0.496 e. The molecule has 2 aromatic carbocycles. The molecule has 0 saturated heterocycles. The zero-order valence-electron chi connectivity index (χ0n) is 16.0. The molecule has 30 heavy (non-hydrogen) atoms. The number of halogens is 1. The fourth-order valence-electron chi connectivity index (χ4n) is 2.74. The van der Waals surface area contributed by atoms with Crippen LogP contribution in [0.3, 0.4) is 0 Å². The summed E-state index contributed by atoms with van der Waals surface area (Å²) in [4.78, 5) is 35.2. The first-order valence-corrected chi connectivity index (χ1v) is 8.88. The Bertz CT molecular complexity index is 1140. The van der Waals surface area contributed by atoms with Gasteiger partial charge in [-0.15, -0.1) is 0 Å². The van der Waals surface area contributed by atoms with E-state index in [9.17, 15) is 18.8 Å². The van der Waals surface area contributed by atoms with Crippen LogP contribution < -0.4 is 15.6 Å². The minimum absolute atomic E-state index is 0.147. The summed E-state index contributed by atoms with van der Waals surface area (Å²) in [5.41, 5.74) is 1.21. The molecule has 0 saturated carbocycles. The highest BCUT2D eigenvalue weighted by molar-refractivity contribution is 5.87. The smallest absolute Gasteiger partial charge is 0.335 e. The zero-order chi connectivity index (χ0) is 21.7. The van der Waals surface area contributed by atoms with E-state index in [1.165, 1.54) is 49.6 Å². The van der Waals surface area contributed by atoms with Crippen LogP contribution in [0.15, 0.2) is 59.4 Å². The predicted molar refractivity (Wildman–Crippen MR) is 106 cm³/mol. The molecule has 0 unspecified atom stereocenters. The number of methoxy groups -OCH3 is 1. The van der Waals surface area contributed by atoms with Crippen LogP contribution in [0.1, 0.15) is 15.9 Å². The van der Waals surface area contributed by atoms with Crippen molar-refractivity contribution in [3.63, 3.8) is 0 Å². The lowest BCUT2D eigenvalue weighted by Crippen LogP contribution is -2.33. The molecule has 3 aromatic rings. The number of amides is 1. The third-order valence-electron chi connectivity index (χ3n) is 4.29. The van der Waals surface area contributed by atoms with E-state index in [2.05, 4.69) is 10.4 Å². The van der Waals surface area contributed by atoms with Gasteiger partial charge in [-0.3, -0.25) is 9.59 Å². The van der Waals surface area contributed by atoms with Crippen molar-refractivity contribution >= 4 is 11.9 Å². The summed E-state index contributed by atoms with van der Waals surface area (Å²) < 4.78 is 19.6. The molecule has 1 heterocycles. The van der Waals surface area contributed by atoms with Crippen LogP contribution >= 0.6 is 0 Å². The third kappa shape index (κ3) is 4.88. The van der Waals surface area contributed by atoms with Crippen molar-refractivity contribution in [2.75, 3.05) is 7.11 Å². The van der Waals surface area contributed by atoms with E-state index in [0.29, 0.717) is 16.8 Å². The molecule has 0 spiro atoms. The van der Waals surface area contributed by atoms with Gasteiger partial charge in [-0.1, -0.05) is 12.1 Å². The number of ether oxygens (including phenoxy) is 1. The molecule has 0 atom stereocenters. The number of carbonyl (C=O) groups excluding carboxylic acids is 1. The maximum Gasteiger partial charge on any atom is 0.335 e. The minimum Gasteiger partial charge on any atom is -0.496 e. The molecule has 0 radical (unpaired) electrons. The zero-order valence-corrected chi connectivity index (χ0v) is 16.0. The minimum atomic E-state index is -1.03. The molecule has 0 aliphatic carbocycles. The van der Waals surface area contributed by atoms with Gasteiger partial charge in [-0.25, -0.2) is 13.9 Å². The standard InChI is InChI=1S/C21H18FN3O5/c1-30-18-10-15(22)6-7-16(18)17-8-9-20(27)25(24-17)12-19(26)23-11-13-2-4-14(5-3-13)21(28)29/h2-10H,11-12H2,1H3,(H,23,26)(H,28,29). The van der Waals surface area contributed by atoms with E-state index in [1.807, 2.05) is 0 Å². The van der Waals surface area contributed by atoms with E-state index in [0.717, 1.165) is 4.68 Å². The van der Waals surface area contributed by atoms with Crippen LogP contribution in [0, 0.1) is 5.82 Å². The molecule has 1 amide bonds. The number of carboxylic acid groups (broad SMARTS) is 1. The summed E-state index contributed by atoms with van der Waals surface area (Å²) in [6, 6.07) is 12.7. The quantitative estimate of drug-likeness (QED) is 0.616. The molecule has 2 N–H and O–H groups in total. The molecule has 0 bridgehead atoms. The van der Waals surface area contributed by atoms with Crippen molar-refractivity contribution < 1.29 is 23.8 Å². The second-order valence-corrected chi connectivity index (χ2v) is 6.34. The lowest BCUT2D eigenvalue weighted by atomic mass is 10.1. The summed E-state index contributed by atoms with van der Waals surface area (Å²) in [5, 5.41) is 15.7. The number of hydrogen-bond acceptors (Lipinski definition) is 5. The number of aromatic carboxylic acids is 1. The molecule has 3 rings (SSSR count). The van der Waals surface area contributed by atoms with E-state index >= 15 is 0 Å². The first kappa shape index (κ1) is 20.7. The second kappa shape index (κ2) is 8.99. The van der Waals surface area contributed by atoms with E-state index in [4.69, 9.17) is 9.84 Å². The maximum absolute atomic E-state index is 13.4. The predicted octanol–water partition coefficient (Wildman–Crippen LogP) is 2.07. The molecule has 0 aliphatic heterocycles. The van der Waals surface area contributed by atoms with Crippen LogP contribution in [0.5, 0.6) is 5.75 Å². The first-order chi connectivity index (χ1) is 14.4. The fraction of sp³-hybridized carbons (Fsp3) is 0.143. The number of nitrogens with one attached hydrogen (secondary N) is 1. The molecular formula is C21H18FN3O5. The van der Waals surface area contributed by atoms with Gasteiger partial charge in [0.05, 0.1) is 18.4 Å². The highest BCUT2D eigenvalue weighted by atomic mass is 19.1. The van der Waals surface area contributed by atoms with E-state index < -0.39 is 23.3 Å². The van der Waals surface area contributed by atoms with Crippen LogP contribution in [0.2, 0.25) is 0 Å². The summed E-state index contributed by atoms with van der Waals surface area (Å²) >= 11 is 0.